The fourth-order valence-electron chi connectivity index (χ4n) is 2.75. The Balaban J connectivity index is 2.11. The van der Waals surface area contributed by atoms with Gasteiger partial charge in [-0.25, -0.2) is 4.79 Å². The number of rotatable bonds is 4. The highest BCUT2D eigenvalue weighted by atomic mass is 16.6. The second-order valence-electron chi connectivity index (χ2n) is 7.07. The quantitative estimate of drug-likeness (QED) is 0.793. The predicted octanol–water partition coefficient (Wildman–Crippen LogP) is 3.50. The molecule has 5 heteroatoms. The van der Waals surface area contributed by atoms with Crippen LogP contribution in [0.25, 0.3) is 0 Å². The van der Waals surface area contributed by atoms with Gasteiger partial charge in [-0.15, -0.1) is 0 Å². The van der Waals surface area contributed by atoms with Crippen LogP contribution in [0.4, 0.5) is 4.79 Å². The van der Waals surface area contributed by atoms with Crippen molar-refractivity contribution in [1.82, 2.24) is 4.90 Å². The van der Waals surface area contributed by atoms with Crippen LogP contribution in [0.2, 0.25) is 0 Å². The smallest absolute Gasteiger partial charge is 0.414 e. The average Bonchev–Trinajstić information content (AvgIpc) is 3.26. The fraction of sp³-hybridized carbons (Fsp3) is 0.474. The number of benzene rings is 1. The number of hydrogen-bond donors (Lipinski definition) is 0. The van der Waals surface area contributed by atoms with Crippen LogP contribution in [0, 0.1) is 5.92 Å². The molecule has 24 heavy (non-hydrogen) atoms. The summed E-state index contributed by atoms with van der Waals surface area (Å²) in [6, 6.07) is 9.60. The van der Waals surface area contributed by atoms with E-state index in [1.807, 2.05) is 57.2 Å². The molecule has 1 fully saturated rings. The third-order valence-electron chi connectivity index (χ3n) is 4.08. The second-order valence-corrected chi connectivity index (χ2v) is 7.07. The zero-order valence-electron chi connectivity index (χ0n) is 14.9. The molecular weight excluding hydrogens is 306 g/mol. The molecule has 1 aliphatic rings. The van der Waals surface area contributed by atoms with E-state index in [-0.39, 0.29) is 11.9 Å². The lowest BCUT2D eigenvalue weighted by Gasteiger charge is -2.22. The summed E-state index contributed by atoms with van der Waals surface area (Å²) in [6.07, 6.45) is 3.77. The van der Waals surface area contributed by atoms with Crippen LogP contribution in [0.15, 0.2) is 42.6 Å². The first-order valence-electron chi connectivity index (χ1n) is 7.99. The molecular formula is C19H25NO4. The van der Waals surface area contributed by atoms with E-state index in [2.05, 4.69) is 0 Å². The zero-order valence-corrected chi connectivity index (χ0v) is 14.9. The highest BCUT2D eigenvalue weighted by Crippen LogP contribution is 2.55. The molecule has 0 heterocycles. The van der Waals surface area contributed by atoms with E-state index in [9.17, 15) is 9.59 Å². The molecule has 1 aromatic carbocycles. The average molecular weight is 331 g/mol. The molecule has 0 saturated heterocycles. The summed E-state index contributed by atoms with van der Waals surface area (Å²) < 4.78 is 10.3. The lowest BCUT2D eigenvalue weighted by Crippen LogP contribution is -2.31. The summed E-state index contributed by atoms with van der Waals surface area (Å²) >= 11 is 0. The van der Waals surface area contributed by atoms with Crippen molar-refractivity contribution in [1.29, 1.82) is 0 Å². The maximum atomic E-state index is 12.3. The number of hydrogen-bond acceptors (Lipinski definition) is 4. The molecule has 1 aliphatic carbocycles. The summed E-state index contributed by atoms with van der Waals surface area (Å²) in [5.74, 6) is -0.250. The van der Waals surface area contributed by atoms with Gasteiger partial charge >= 0.3 is 12.1 Å². The van der Waals surface area contributed by atoms with Gasteiger partial charge in [-0.05, 0) is 32.8 Å². The van der Waals surface area contributed by atoms with Gasteiger partial charge in [0.1, 0.15) is 5.60 Å². The highest BCUT2D eigenvalue weighted by molar-refractivity contribution is 5.88. The Morgan fingerprint density at radius 3 is 2.42 bits per heavy atom. The normalized spacial score (nSPS) is 23.0. The Morgan fingerprint density at radius 2 is 1.88 bits per heavy atom. The molecule has 2 rings (SSSR count). The first-order valence-corrected chi connectivity index (χ1v) is 7.99. The van der Waals surface area contributed by atoms with Crippen LogP contribution >= 0.6 is 0 Å². The topological polar surface area (TPSA) is 55.8 Å². The third kappa shape index (κ3) is 3.78. The number of methoxy groups -OCH3 is 1. The monoisotopic (exact) mass is 331 g/mol. The molecule has 5 nitrogen and oxygen atoms in total. The fourth-order valence-corrected chi connectivity index (χ4v) is 2.75. The number of carbonyl (C=O) groups is 2. The molecule has 1 amide bonds. The van der Waals surface area contributed by atoms with Crippen LogP contribution < -0.4 is 0 Å². The SMILES string of the molecule is COC(=O)[C@@]1(c2ccccc2)C[C@@H]1/C=C/N(C)C(=O)OC(C)(C)C. The van der Waals surface area contributed by atoms with Crippen LogP contribution in [0.1, 0.15) is 32.8 Å². The number of carbonyl (C=O) groups excluding carboxylic acids is 2. The largest absolute Gasteiger partial charge is 0.468 e. The van der Waals surface area contributed by atoms with Gasteiger partial charge in [0.05, 0.1) is 12.5 Å². The first kappa shape index (κ1) is 18.0. The van der Waals surface area contributed by atoms with E-state index in [0.29, 0.717) is 6.42 Å². The second kappa shape index (κ2) is 6.67. The number of esters is 1. The van der Waals surface area contributed by atoms with Crippen LogP contribution in [-0.2, 0) is 19.7 Å². The van der Waals surface area contributed by atoms with E-state index in [4.69, 9.17) is 9.47 Å². The lowest BCUT2D eigenvalue weighted by atomic mass is 9.93. The Bertz CT molecular complexity index is 633. The summed E-state index contributed by atoms with van der Waals surface area (Å²) in [4.78, 5) is 25.7. The van der Waals surface area contributed by atoms with Gasteiger partial charge in [0.2, 0.25) is 0 Å². The molecule has 0 aliphatic heterocycles. The summed E-state index contributed by atoms with van der Waals surface area (Å²) in [6.45, 7) is 5.46. The van der Waals surface area contributed by atoms with Crippen molar-refractivity contribution in [2.75, 3.05) is 14.2 Å². The van der Waals surface area contributed by atoms with E-state index >= 15 is 0 Å². The van der Waals surface area contributed by atoms with Gasteiger partial charge in [0.25, 0.3) is 0 Å². The number of ether oxygens (including phenoxy) is 2. The molecule has 0 spiro atoms. The van der Waals surface area contributed by atoms with Gasteiger partial charge in [0, 0.05) is 19.2 Å². The molecule has 0 unspecified atom stereocenters. The van der Waals surface area contributed by atoms with Crippen molar-refractivity contribution in [3.8, 4) is 0 Å². The van der Waals surface area contributed by atoms with Crippen molar-refractivity contribution < 1.29 is 19.1 Å². The van der Waals surface area contributed by atoms with E-state index in [1.165, 1.54) is 12.0 Å². The molecule has 2 atom stereocenters. The Kier molecular flexibility index (Phi) is 5.02. The van der Waals surface area contributed by atoms with Gasteiger partial charge in [-0.2, -0.15) is 0 Å². The zero-order chi connectivity index (χ0) is 18.0. The number of amides is 1. The van der Waals surface area contributed by atoms with E-state index in [1.54, 1.807) is 13.2 Å². The van der Waals surface area contributed by atoms with Gasteiger partial charge in [0.15, 0.2) is 0 Å². The van der Waals surface area contributed by atoms with Gasteiger partial charge in [-0.1, -0.05) is 36.4 Å². The molecule has 0 aromatic heterocycles. The molecule has 130 valence electrons. The van der Waals surface area contributed by atoms with E-state index < -0.39 is 17.1 Å². The summed E-state index contributed by atoms with van der Waals surface area (Å²) in [7, 11) is 3.04. The standard InChI is InChI=1S/C19H25NO4/c1-18(2,3)24-17(22)20(4)12-11-15-13-19(15,16(21)23-5)14-9-7-6-8-10-14/h6-12,15H,13H2,1-5H3/b12-11+/t15-,19+/m0/s1. The number of nitrogens with zero attached hydrogens (tertiary/aromatic N) is 1. The predicted molar refractivity (Wildman–Crippen MR) is 91.4 cm³/mol. The summed E-state index contributed by atoms with van der Waals surface area (Å²) in [5.41, 5.74) is -0.258. The molecule has 1 aromatic rings. The van der Waals surface area contributed by atoms with Gasteiger partial charge in [-0.3, -0.25) is 9.69 Å². The Hall–Kier alpha value is -2.30. The highest BCUT2D eigenvalue weighted by Gasteiger charge is 2.61. The van der Waals surface area contributed by atoms with Crippen molar-refractivity contribution >= 4 is 12.1 Å². The third-order valence-corrected chi connectivity index (χ3v) is 4.08. The molecule has 0 radical (unpaired) electrons. The van der Waals surface area contributed by atoms with Crippen LogP contribution in [-0.4, -0.2) is 36.7 Å². The minimum Gasteiger partial charge on any atom is -0.468 e. The van der Waals surface area contributed by atoms with Gasteiger partial charge < -0.3 is 9.47 Å². The van der Waals surface area contributed by atoms with Crippen molar-refractivity contribution in [3.63, 3.8) is 0 Å². The minimum absolute atomic E-state index is 0.00256. The maximum Gasteiger partial charge on any atom is 0.414 e. The van der Waals surface area contributed by atoms with Crippen molar-refractivity contribution in [2.45, 2.75) is 38.2 Å². The Labute approximate surface area is 143 Å². The number of allylic oxidation sites excluding steroid dienone is 1. The van der Waals surface area contributed by atoms with Crippen LogP contribution in [0.5, 0.6) is 0 Å². The molecule has 0 N–H and O–H groups in total. The maximum absolute atomic E-state index is 12.3. The summed E-state index contributed by atoms with van der Waals surface area (Å²) in [5, 5.41) is 0. The lowest BCUT2D eigenvalue weighted by molar-refractivity contribution is -0.144. The Morgan fingerprint density at radius 1 is 1.25 bits per heavy atom. The minimum atomic E-state index is -0.652. The van der Waals surface area contributed by atoms with Crippen LogP contribution in [0.3, 0.4) is 0 Å². The first-order chi connectivity index (χ1) is 11.2. The van der Waals surface area contributed by atoms with Crippen molar-refractivity contribution in [3.05, 3.63) is 48.2 Å². The molecule has 0 bridgehead atoms. The van der Waals surface area contributed by atoms with E-state index in [0.717, 1.165) is 5.56 Å². The van der Waals surface area contributed by atoms with Crippen molar-refractivity contribution in [2.24, 2.45) is 5.92 Å². The molecule has 1 saturated carbocycles.